The van der Waals surface area contributed by atoms with Gasteiger partial charge in [0.05, 0.1) is 12.0 Å². The number of rotatable bonds is 4. The predicted octanol–water partition coefficient (Wildman–Crippen LogP) is 2.55. The summed E-state index contributed by atoms with van der Waals surface area (Å²) in [7, 11) is 0. The number of allylic oxidation sites excluding steroid dienone is 2. The van der Waals surface area contributed by atoms with Crippen LogP contribution in [0.2, 0.25) is 0 Å². The Labute approximate surface area is 177 Å². The van der Waals surface area contributed by atoms with Gasteiger partial charge in [-0.2, -0.15) is 0 Å². The second-order valence-corrected chi connectivity index (χ2v) is 8.00. The summed E-state index contributed by atoms with van der Waals surface area (Å²) >= 11 is 0. The van der Waals surface area contributed by atoms with E-state index in [1.807, 2.05) is 24.3 Å². The number of carboxylic acids is 1. The molecule has 3 rings (SSSR count). The maximum atomic E-state index is 13.0. The Hall–Kier alpha value is -2.83. The smallest absolute Gasteiger partial charge is 0.303 e. The van der Waals surface area contributed by atoms with Crippen LogP contribution in [0.25, 0.3) is 0 Å². The van der Waals surface area contributed by atoms with Crippen LogP contribution in [-0.4, -0.2) is 54.0 Å². The Morgan fingerprint density at radius 2 is 1.90 bits per heavy atom. The molecule has 0 saturated carbocycles. The number of piperidine rings is 1. The van der Waals surface area contributed by atoms with Crippen molar-refractivity contribution in [3.8, 4) is 5.75 Å². The molecule has 1 fully saturated rings. The van der Waals surface area contributed by atoms with Crippen LogP contribution < -0.4 is 10.1 Å². The molecule has 2 aliphatic rings. The fourth-order valence-electron chi connectivity index (χ4n) is 4.10. The van der Waals surface area contributed by atoms with Crippen LogP contribution in [-0.2, 0) is 20.8 Å². The van der Waals surface area contributed by atoms with Crippen LogP contribution in [0.1, 0.15) is 44.1 Å². The predicted molar refractivity (Wildman–Crippen MR) is 112 cm³/mol. The van der Waals surface area contributed by atoms with Crippen molar-refractivity contribution < 1.29 is 24.2 Å². The van der Waals surface area contributed by atoms with E-state index >= 15 is 0 Å². The van der Waals surface area contributed by atoms with Gasteiger partial charge in [-0.15, -0.1) is 0 Å². The number of nitrogens with zero attached hydrogens (tertiary/aromatic N) is 1. The molecule has 0 aliphatic carbocycles. The lowest BCUT2D eigenvalue weighted by Gasteiger charge is -2.40. The second kappa shape index (κ2) is 10.3. The van der Waals surface area contributed by atoms with Crippen LogP contribution in [0, 0.1) is 5.41 Å². The largest absolute Gasteiger partial charge is 0.491 e. The van der Waals surface area contributed by atoms with E-state index in [4.69, 9.17) is 9.84 Å². The second-order valence-electron chi connectivity index (χ2n) is 8.00. The van der Waals surface area contributed by atoms with Crippen LogP contribution >= 0.6 is 0 Å². The number of nitrogens with one attached hydrogen (secondary N) is 1. The maximum Gasteiger partial charge on any atom is 0.303 e. The van der Waals surface area contributed by atoms with Crippen molar-refractivity contribution in [2.45, 2.75) is 44.9 Å². The van der Waals surface area contributed by atoms with Crippen LogP contribution in [0.15, 0.2) is 36.4 Å². The Bertz CT molecular complexity index is 797. The van der Waals surface area contributed by atoms with Gasteiger partial charge < -0.3 is 20.1 Å². The summed E-state index contributed by atoms with van der Waals surface area (Å²) in [5.41, 5.74) is 0.601. The number of hydrogen-bond acceptors (Lipinski definition) is 4. The van der Waals surface area contributed by atoms with Crippen molar-refractivity contribution in [2.75, 3.05) is 26.2 Å². The fourth-order valence-corrected chi connectivity index (χ4v) is 4.10. The lowest BCUT2D eigenvalue weighted by Crippen LogP contribution is -2.50. The molecule has 2 N–H and O–H groups in total. The zero-order valence-corrected chi connectivity index (χ0v) is 17.3. The summed E-state index contributed by atoms with van der Waals surface area (Å²) in [5, 5.41) is 11.7. The number of carbonyl (C=O) groups excluding carboxylic acids is 2. The molecule has 30 heavy (non-hydrogen) atoms. The van der Waals surface area contributed by atoms with Gasteiger partial charge in [0.1, 0.15) is 12.4 Å². The summed E-state index contributed by atoms with van der Waals surface area (Å²) in [5.74, 6) is -0.0483. The minimum Gasteiger partial charge on any atom is -0.491 e. The number of likely N-dealkylation sites (tertiary alicyclic amines) is 1. The molecule has 7 nitrogen and oxygen atoms in total. The zero-order chi connectivity index (χ0) is 21.4. The quantitative estimate of drug-likeness (QED) is 0.738. The molecule has 1 aromatic rings. The molecule has 1 aromatic carbocycles. The first-order chi connectivity index (χ1) is 14.5. The van der Waals surface area contributed by atoms with E-state index in [0.29, 0.717) is 51.9 Å². The summed E-state index contributed by atoms with van der Waals surface area (Å²) in [6, 6.07) is 7.93. The molecular formula is C23H30N2O5. The highest BCUT2D eigenvalue weighted by molar-refractivity contribution is 5.83. The van der Waals surface area contributed by atoms with Gasteiger partial charge in [0.25, 0.3) is 0 Å². The van der Waals surface area contributed by atoms with E-state index in [1.54, 1.807) is 4.90 Å². The number of amides is 2. The lowest BCUT2D eigenvalue weighted by atomic mass is 9.74. The van der Waals surface area contributed by atoms with Gasteiger partial charge in [-0.05, 0) is 43.7 Å². The lowest BCUT2D eigenvalue weighted by molar-refractivity contribution is -0.141. The van der Waals surface area contributed by atoms with E-state index in [0.717, 1.165) is 17.7 Å². The molecule has 162 valence electrons. The first kappa shape index (κ1) is 21.9. The molecule has 1 spiro atoms. The molecule has 7 heteroatoms. The van der Waals surface area contributed by atoms with Gasteiger partial charge >= 0.3 is 5.97 Å². The number of fused-ring (bicyclic) bond motifs is 1. The molecule has 0 atom stereocenters. The molecule has 2 heterocycles. The number of hydrogen-bond donors (Lipinski definition) is 2. The first-order valence-corrected chi connectivity index (χ1v) is 10.6. The topological polar surface area (TPSA) is 95.9 Å². The van der Waals surface area contributed by atoms with E-state index < -0.39 is 11.4 Å². The standard InChI is InChI=1S/C23H30N2O5/c26-20(9-5-10-21(27)28)25-15-12-23(13-16-25)11-4-3-7-18-6-1-2-8-19(18)30-17-14-24-22(23)29/h1-4,6,8H,5,7,9-17H2,(H,24,29)(H,27,28)/b4-3+. The van der Waals surface area contributed by atoms with Gasteiger partial charge in [0.2, 0.25) is 11.8 Å². The van der Waals surface area contributed by atoms with Crippen molar-refractivity contribution >= 4 is 17.8 Å². The zero-order valence-electron chi connectivity index (χ0n) is 17.3. The van der Waals surface area contributed by atoms with E-state index in [9.17, 15) is 14.4 Å². The van der Waals surface area contributed by atoms with Gasteiger partial charge in [-0.25, -0.2) is 0 Å². The first-order valence-electron chi connectivity index (χ1n) is 10.6. The summed E-state index contributed by atoms with van der Waals surface area (Å²) in [6.07, 6.45) is 7.34. The average Bonchev–Trinajstić information content (AvgIpc) is 2.74. The molecule has 1 saturated heterocycles. The van der Waals surface area contributed by atoms with Crippen molar-refractivity contribution in [3.63, 3.8) is 0 Å². The van der Waals surface area contributed by atoms with Crippen molar-refractivity contribution in [1.29, 1.82) is 0 Å². The minimum absolute atomic E-state index is 0.00190. The molecule has 2 amide bonds. The van der Waals surface area contributed by atoms with Gasteiger partial charge in [0.15, 0.2) is 0 Å². The molecule has 0 unspecified atom stereocenters. The monoisotopic (exact) mass is 414 g/mol. The number of carboxylic acid groups (broad SMARTS) is 1. The molecule has 0 radical (unpaired) electrons. The number of para-hydroxylation sites is 1. The fraction of sp³-hybridized carbons (Fsp3) is 0.522. The average molecular weight is 415 g/mol. The summed E-state index contributed by atoms with van der Waals surface area (Å²) < 4.78 is 5.84. The number of aliphatic carboxylic acids is 1. The van der Waals surface area contributed by atoms with Crippen LogP contribution in [0.3, 0.4) is 0 Å². The van der Waals surface area contributed by atoms with Crippen molar-refractivity contribution in [2.24, 2.45) is 5.41 Å². The van der Waals surface area contributed by atoms with Crippen molar-refractivity contribution in [3.05, 3.63) is 42.0 Å². The summed E-state index contributed by atoms with van der Waals surface area (Å²) in [4.78, 5) is 37.8. The Morgan fingerprint density at radius 3 is 2.67 bits per heavy atom. The molecule has 0 bridgehead atoms. The third-order valence-corrected chi connectivity index (χ3v) is 5.97. The van der Waals surface area contributed by atoms with Gasteiger partial charge in [-0.3, -0.25) is 14.4 Å². The summed E-state index contributed by atoms with van der Waals surface area (Å²) in [6.45, 7) is 1.90. The number of carbonyl (C=O) groups is 3. The Balaban J connectivity index is 1.62. The Kier molecular flexibility index (Phi) is 7.49. The van der Waals surface area contributed by atoms with E-state index in [2.05, 4.69) is 17.5 Å². The Morgan fingerprint density at radius 1 is 1.13 bits per heavy atom. The number of ether oxygens (including phenoxy) is 1. The van der Waals surface area contributed by atoms with E-state index in [1.165, 1.54) is 0 Å². The molecule has 0 aromatic heterocycles. The highest BCUT2D eigenvalue weighted by Gasteiger charge is 2.41. The van der Waals surface area contributed by atoms with E-state index in [-0.39, 0.29) is 24.7 Å². The highest BCUT2D eigenvalue weighted by atomic mass is 16.5. The maximum absolute atomic E-state index is 13.0. The highest BCUT2D eigenvalue weighted by Crippen LogP contribution is 2.36. The molecule has 2 aliphatic heterocycles. The van der Waals surface area contributed by atoms with Gasteiger partial charge in [-0.1, -0.05) is 30.4 Å². The number of benzene rings is 1. The normalized spacial score (nSPS) is 20.1. The van der Waals surface area contributed by atoms with Gasteiger partial charge in [0, 0.05) is 25.9 Å². The van der Waals surface area contributed by atoms with Crippen molar-refractivity contribution in [1.82, 2.24) is 10.2 Å². The third-order valence-electron chi connectivity index (χ3n) is 5.97. The van der Waals surface area contributed by atoms with Crippen LogP contribution in [0.4, 0.5) is 0 Å². The van der Waals surface area contributed by atoms with Crippen LogP contribution in [0.5, 0.6) is 5.75 Å². The SMILES string of the molecule is O=C(O)CCCC(=O)N1CCC2(C/C=C/Cc3ccccc3OCCNC2=O)CC1. The third kappa shape index (κ3) is 5.62. The minimum atomic E-state index is -0.885. The molecular weight excluding hydrogens is 384 g/mol.